The highest BCUT2D eigenvalue weighted by Gasteiger charge is 2.05. The first kappa shape index (κ1) is 19.5. The Labute approximate surface area is 154 Å². The van der Waals surface area contributed by atoms with Crippen molar-refractivity contribution in [1.29, 1.82) is 0 Å². The number of hydrogen-bond donors (Lipinski definition) is 0. The van der Waals surface area contributed by atoms with Gasteiger partial charge in [0.2, 0.25) is 0 Å². The van der Waals surface area contributed by atoms with Gasteiger partial charge in [0.25, 0.3) is 0 Å². The Hall–Kier alpha value is -1.86. The number of allylic oxidation sites excluding steroid dienone is 1. The predicted octanol–water partition coefficient (Wildman–Crippen LogP) is 6.61. The first-order valence-corrected chi connectivity index (χ1v) is 9.83. The highest BCUT2D eigenvalue weighted by atomic mass is 15.1. The van der Waals surface area contributed by atoms with Crippen LogP contribution in [0, 0.1) is 0 Å². The summed E-state index contributed by atoms with van der Waals surface area (Å²) < 4.78 is 0. The fraction of sp³-hybridized carbons (Fsp3) is 0.417. The van der Waals surface area contributed by atoms with E-state index in [0.29, 0.717) is 0 Å². The van der Waals surface area contributed by atoms with Crippen molar-refractivity contribution in [3.63, 3.8) is 0 Å². The van der Waals surface area contributed by atoms with Gasteiger partial charge in [0.15, 0.2) is 0 Å². The molecule has 0 aliphatic heterocycles. The topological polar surface area (TPSA) is 3.24 Å². The predicted molar refractivity (Wildman–Crippen MR) is 110 cm³/mol. The van der Waals surface area contributed by atoms with Crippen molar-refractivity contribution in [2.45, 2.75) is 58.5 Å². The summed E-state index contributed by atoms with van der Waals surface area (Å²) in [6.07, 6.45) is 12.7. The Bertz CT molecular complexity index is 532. The zero-order valence-corrected chi connectivity index (χ0v) is 15.7. The number of benzene rings is 2. The molecule has 2 rings (SSSR count). The van der Waals surface area contributed by atoms with Crippen LogP contribution in [0.1, 0.15) is 56.6 Å². The van der Waals surface area contributed by atoms with Gasteiger partial charge in [-0.1, -0.05) is 105 Å². The van der Waals surface area contributed by atoms with Gasteiger partial charge in [-0.3, -0.25) is 4.90 Å². The number of hydrogen-bond acceptors (Lipinski definition) is 1. The third-order valence-electron chi connectivity index (χ3n) is 4.50. The zero-order chi connectivity index (χ0) is 17.6. The van der Waals surface area contributed by atoms with Gasteiger partial charge < -0.3 is 0 Å². The van der Waals surface area contributed by atoms with Crippen LogP contribution in [0.4, 0.5) is 0 Å². The minimum Gasteiger partial charge on any atom is -0.291 e. The first-order chi connectivity index (χ1) is 12.4. The van der Waals surface area contributed by atoms with Crippen molar-refractivity contribution in [1.82, 2.24) is 4.90 Å². The van der Waals surface area contributed by atoms with Crippen LogP contribution >= 0.6 is 0 Å². The van der Waals surface area contributed by atoms with E-state index in [1.165, 1.54) is 49.7 Å². The molecule has 2 aromatic rings. The van der Waals surface area contributed by atoms with E-state index in [9.17, 15) is 0 Å². The number of rotatable bonds is 12. The van der Waals surface area contributed by atoms with Gasteiger partial charge in [0, 0.05) is 19.6 Å². The Morgan fingerprint density at radius 3 is 1.80 bits per heavy atom. The van der Waals surface area contributed by atoms with E-state index in [1.54, 1.807) is 0 Å². The zero-order valence-electron chi connectivity index (χ0n) is 15.7. The summed E-state index contributed by atoms with van der Waals surface area (Å²) in [5.74, 6) is 0. The lowest BCUT2D eigenvalue weighted by molar-refractivity contribution is 0.285. The lowest BCUT2D eigenvalue weighted by atomic mass is 10.1. The third kappa shape index (κ3) is 8.69. The summed E-state index contributed by atoms with van der Waals surface area (Å²) >= 11 is 0. The third-order valence-corrected chi connectivity index (χ3v) is 4.50. The maximum atomic E-state index is 2.51. The molecule has 0 saturated carbocycles. The molecule has 0 amide bonds. The van der Waals surface area contributed by atoms with E-state index in [-0.39, 0.29) is 0 Å². The van der Waals surface area contributed by atoms with Gasteiger partial charge in [-0.25, -0.2) is 0 Å². The largest absolute Gasteiger partial charge is 0.291 e. The molecular weight excluding hydrogens is 302 g/mol. The van der Waals surface area contributed by atoms with Gasteiger partial charge in [0.1, 0.15) is 0 Å². The maximum absolute atomic E-state index is 2.51. The lowest BCUT2D eigenvalue weighted by Gasteiger charge is -2.21. The molecule has 0 heterocycles. The molecule has 0 aliphatic rings. The maximum Gasteiger partial charge on any atom is 0.0240 e. The molecule has 0 N–H and O–H groups in total. The summed E-state index contributed by atoms with van der Waals surface area (Å²) in [6.45, 7) is 5.28. The molecule has 0 unspecified atom stereocenters. The molecule has 0 aliphatic carbocycles. The molecule has 2 aromatic carbocycles. The summed E-state index contributed by atoms with van der Waals surface area (Å²) in [6, 6.07) is 21.6. The molecule has 0 saturated heterocycles. The van der Waals surface area contributed by atoms with E-state index >= 15 is 0 Å². The summed E-state index contributed by atoms with van der Waals surface area (Å²) in [5.41, 5.74) is 2.76. The molecule has 0 bridgehead atoms. The van der Waals surface area contributed by atoms with Crippen LogP contribution in [-0.2, 0) is 13.1 Å². The smallest absolute Gasteiger partial charge is 0.0240 e. The molecule has 0 aromatic heterocycles. The molecular formula is C24H33N. The highest BCUT2D eigenvalue weighted by molar-refractivity contribution is 5.17. The van der Waals surface area contributed by atoms with Crippen LogP contribution in [0.5, 0.6) is 0 Å². The van der Waals surface area contributed by atoms with Crippen LogP contribution in [0.3, 0.4) is 0 Å². The Kier molecular flexibility index (Phi) is 9.73. The molecule has 0 atom stereocenters. The molecule has 25 heavy (non-hydrogen) atoms. The van der Waals surface area contributed by atoms with E-state index < -0.39 is 0 Å². The van der Waals surface area contributed by atoms with Crippen LogP contribution in [-0.4, -0.2) is 11.4 Å². The molecule has 1 heteroatoms. The summed E-state index contributed by atoms with van der Waals surface area (Å²) in [7, 11) is 0. The Morgan fingerprint density at radius 1 is 0.680 bits per heavy atom. The van der Waals surface area contributed by atoms with Crippen LogP contribution < -0.4 is 0 Å². The van der Waals surface area contributed by atoms with Gasteiger partial charge in [-0.05, 0) is 24.0 Å². The van der Waals surface area contributed by atoms with Crippen molar-refractivity contribution in [3.8, 4) is 0 Å². The Balaban J connectivity index is 1.81. The van der Waals surface area contributed by atoms with Crippen LogP contribution in [0.2, 0.25) is 0 Å². The standard InChI is InChI=1S/C24H33N/c1-2-3-4-5-6-7-8-15-20-25(21-23-16-11-9-12-17-23)22-24-18-13-10-14-19-24/h8-19H,2-7,20-22H2,1H3/b15-8-. The Morgan fingerprint density at radius 2 is 1.24 bits per heavy atom. The van der Waals surface area contributed by atoms with Crippen molar-refractivity contribution in [2.24, 2.45) is 0 Å². The van der Waals surface area contributed by atoms with Gasteiger partial charge in [0.05, 0.1) is 0 Å². The fourth-order valence-corrected chi connectivity index (χ4v) is 3.08. The van der Waals surface area contributed by atoms with Crippen molar-refractivity contribution in [2.75, 3.05) is 6.54 Å². The van der Waals surface area contributed by atoms with Gasteiger partial charge >= 0.3 is 0 Å². The van der Waals surface area contributed by atoms with Crippen molar-refractivity contribution in [3.05, 3.63) is 83.9 Å². The normalized spacial score (nSPS) is 11.4. The second-order valence-electron chi connectivity index (χ2n) is 6.82. The number of unbranched alkanes of at least 4 members (excludes halogenated alkanes) is 5. The average molecular weight is 336 g/mol. The highest BCUT2D eigenvalue weighted by Crippen LogP contribution is 2.11. The SMILES string of the molecule is CCCCCCC/C=C\CN(Cc1ccccc1)Cc1ccccc1. The second kappa shape index (κ2) is 12.5. The van der Waals surface area contributed by atoms with Crippen molar-refractivity contribution < 1.29 is 0 Å². The fourth-order valence-electron chi connectivity index (χ4n) is 3.08. The van der Waals surface area contributed by atoms with Crippen molar-refractivity contribution >= 4 is 0 Å². The van der Waals surface area contributed by atoms with Gasteiger partial charge in [-0.2, -0.15) is 0 Å². The van der Waals surface area contributed by atoms with Gasteiger partial charge in [-0.15, -0.1) is 0 Å². The van der Waals surface area contributed by atoms with E-state index in [4.69, 9.17) is 0 Å². The minimum absolute atomic E-state index is 0.997. The minimum atomic E-state index is 0.997. The van der Waals surface area contributed by atoms with E-state index in [1.807, 2.05) is 0 Å². The molecule has 0 spiro atoms. The summed E-state index contributed by atoms with van der Waals surface area (Å²) in [5, 5.41) is 0. The van der Waals surface area contributed by atoms with Crippen LogP contribution in [0.15, 0.2) is 72.8 Å². The number of nitrogens with zero attached hydrogens (tertiary/aromatic N) is 1. The first-order valence-electron chi connectivity index (χ1n) is 9.83. The quantitative estimate of drug-likeness (QED) is 0.312. The molecule has 1 nitrogen and oxygen atoms in total. The van der Waals surface area contributed by atoms with E-state index in [2.05, 4.69) is 84.6 Å². The lowest BCUT2D eigenvalue weighted by Crippen LogP contribution is -2.22. The van der Waals surface area contributed by atoms with E-state index in [0.717, 1.165) is 19.6 Å². The molecule has 134 valence electrons. The molecule has 0 fully saturated rings. The van der Waals surface area contributed by atoms with Crippen LogP contribution in [0.25, 0.3) is 0 Å². The monoisotopic (exact) mass is 335 g/mol. The second-order valence-corrected chi connectivity index (χ2v) is 6.82. The summed E-state index contributed by atoms with van der Waals surface area (Å²) in [4.78, 5) is 2.51. The molecule has 0 radical (unpaired) electrons. The average Bonchev–Trinajstić information content (AvgIpc) is 2.65.